The average molecular weight is 875 g/mol. The van der Waals surface area contributed by atoms with Gasteiger partial charge in [-0.1, -0.05) is 53.5 Å². The zero-order valence-electron chi connectivity index (χ0n) is 37.9. The Morgan fingerprint density at radius 2 is 1.65 bits per heavy atom. The highest BCUT2D eigenvalue weighted by molar-refractivity contribution is 6.90. The van der Waals surface area contributed by atoms with E-state index < -0.39 is 31.5 Å². The van der Waals surface area contributed by atoms with Crippen LogP contribution in [0.15, 0.2) is 30.5 Å². The van der Waals surface area contributed by atoms with Gasteiger partial charge in [0.15, 0.2) is 12.6 Å². The van der Waals surface area contributed by atoms with Gasteiger partial charge >= 0.3 is 12.1 Å². The third kappa shape index (κ3) is 8.79. The predicted molar refractivity (Wildman–Crippen MR) is 239 cm³/mol. The number of aromatic nitrogens is 3. The first-order valence-electron chi connectivity index (χ1n) is 21.8. The van der Waals surface area contributed by atoms with Crippen LogP contribution in [0.25, 0.3) is 32.9 Å². The maximum Gasteiger partial charge on any atom is 0.410 e. The molecule has 62 heavy (non-hydrogen) atoms. The first kappa shape index (κ1) is 45.4. The van der Waals surface area contributed by atoms with Crippen LogP contribution >= 0.6 is 0 Å². The Labute approximate surface area is 364 Å². The Hall–Kier alpha value is -4.65. The molecule has 3 aliphatic rings. The number of methoxy groups -OCH3 is 1. The lowest BCUT2D eigenvalue weighted by atomic mass is 9.95. The quantitative estimate of drug-likeness (QED) is 0.0823. The molecule has 1 amide bonds. The van der Waals surface area contributed by atoms with E-state index in [4.69, 9.17) is 28.9 Å². The summed E-state index contributed by atoms with van der Waals surface area (Å²) in [5.41, 5.74) is 4.21. The largest absolute Gasteiger partial charge is 0.468 e. The normalized spacial score (nSPS) is 20.8. The zero-order valence-corrected chi connectivity index (χ0v) is 38.9. The molecule has 3 saturated heterocycles. The van der Waals surface area contributed by atoms with Crippen molar-refractivity contribution in [3.63, 3.8) is 0 Å². The number of amides is 1. The van der Waals surface area contributed by atoms with Crippen LogP contribution in [0.2, 0.25) is 16.6 Å². The molecule has 5 heterocycles. The number of ether oxygens (including phenoxy) is 4. The molecule has 334 valence electrons. The van der Waals surface area contributed by atoms with Gasteiger partial charge in [-0.25, -0.2) is 18.0 Å². The molecule has 2 aromatic heterocycles. The van der Waals surface area contributed by atoms with Gasteiger partial charge in [-0.15, -0.1) is 5.54 Å². The van der Waals surface area contributed by atoms with Crippen LogP contribution in [0.4, 0.5) is 23.8 Å². The van der Waals surface area contributed by atoms with Gasteiger partial charge in [0, 0.05) is 49.9 Å². The fourth-order valence-corrected chi connectivity index (χ4v) is 15.3. The van der Waals surface area contributed by atoms with Crippen molar-refractivity contribution in [2.75, 3.05) is 52.1 Å². The lowest BCUT2D eigenvalue weighted by Crippen LogP contribution is -2.57. The maximum atomic E-state index is 17.7. The van der Waals surface area contributed by atoms with E-state index >= 15 is 8.78 Å². The van der Waals surface area contributed by atoms with E-state index in [2.05, 4.69) is 58.0 Å². The number of benzene rings is 2. The summed E-state index contributed by atoms with van der Waals surface area (Å²) in [6, 6.07) is 5.80. The van der Waals surface area contributed by atoms with E-state index in [1.54, 1.807) is 24.4 Å². The molecule has 11 nitrogen and oxygen atoms in total. The van der Waals surface area contributed by atoms with Crippen molar-refractivity contribution in [1.29, 1.82) is 0 Å². The van der Waals surface area contributed by atoms with E-state index in [0.29, 0.717) is 63.9 Å². The number of nitrogens with zero attached hydrogens (tertiary/aromatic N) is 6. The lowest BCUT2D eigenvalue weighted by Gasteiger charge is -2.42. The number of hydrogen-bond acceptors (Lipinski definition) is 10. The zero-order chi connectivity index (χ0) is 44.8. The average Bonchev–Trinajstić information content (AvgIpc) is 3.67. The number of alkyl halides is 1. The van der Waals surface area contributed by atoms with Crippen molar-refractivity contribution in [1.82, 2.24) is 24.8 Å². The highest BCUT2D eigenvalue weighted by Crippen LogP contribution is 2.43. The van der Waals surface area contributed by atoms with Crippen molar-refractivity contribution in [2.45, 2.75) is 128 Å². The van der Waals surface area contributed by atoms with E-state index in [1.165, 1.54) is 13.2 Å². The number of pyridine rings is 1. The number of likely N-dealkylation sites (tertiary alicyclic amines) is 1. The summed E-state index contributed by atoms with van der Waals surface area (Å²) in [4.78, 5) is 33.4. The van der Waals surface area contributed by atoms with Gasteiger partial charge in [0.1, 0.15) is 55.0 Å². The highest BCUT2D eigenvalue weighted by atomic mass is 28.3. The second-order valence-electron chi connectivity index (χ2n) is 19.1. The summed E-state index contributed by atoms with van der Waals surface area (Å²) in [5, 5.41) is 1.33. The van der Waals surface area contributed by atoms with Gasteiger partial charge in [-0.3, -0.25) is 14.8 Å². The number of piperazine rings is 1. The third-order valence-electron chi connectivity index (χ3n) is 13.0. The van der Waals surface area contributed by atoms with Crippen LogP contribution < -0.4 is 14.4 Å². The van der Waals surface area contributed by atoms with E-state index in [0.717, 1.165) is 12.8 Å². The molecule has 0 saturated carbocycles. The Kier molecular flexibility index (Phi) is 13.1. The smallest absolute Gasteiger partial charge is 0.410 e. The van der Waals surface area contributed by atoms with Crippen molar-refractivity contribution < 1.29 is 36.9 Å². The first-order valence-corrected chi connectivity index (χ1v) is 24.1. The first-order chi connectivity index (χ1) is 29.3. The van der Waals surface area contributed by atoms with Crippen molar-refractivity contribution in [2.24, 2.45) is 0 Å². The van der Waals surface area contributed by atoms with Crippen molar-refractivity contribution in [3.05, 3.63) is 47.7 Å². The van der Waals surface area contributed by atoms with Crippen LogP contribution in [0.3, 0.4) is 0 Å². The van der Waals surface area contributed by atoms with Gasteiger partial charge in [-0.2, -0.15) is 9.97 Å². The molecule has 4 atom stereocenters. The van der Waals surface area contributed by atoms with Gasteiger partial charge in [0.05, 0.1) is 23.0 Å². The van der Waals surface area contributed by atoms with Crippen LogP contribution in [-0.4, -0.2) is 116 Å². The fraction of sp³-hybridized carbons (Fsp3) is 0.574. The number of anilines is 1. The summed E-state index contributed by atoms with van der Waals surface area (Å²) in [5.74, 6) is 2.81. The van der Waals surface area contributed by atoms with Crippen molar-refractivity contribution in [3.8, 4) is 34.5 Å². The lowest BCUT2D eigenvalue weighted by molar-refractivity contribution is 0.0122. The number of halogens is 3. The Morgan fingerprint density at radius 1 is 0.968 bits per heavy atom. The summed E-state index contributed by atoms with van der Waals surface area (Å²) in [6.45, 7) is 19.9. The van der Waals surface area contributed by atoms with Crippen LogP contribution in [0, 0.1) is 23.1 Å². The highest BCUT2D eigenvalue weighted by Gasteiger charge is 2.45. The summed E-state index contributed by atoms with van der Waals surface area (Å²) < 4.78 is 71.5. The molecule has 3 aliphatic heterocycles. The molecule has 3 fully saturated rings. The van der Waals surface area contributed by atoms with Crippen LogP contribution in [-0.2, 0) is 9.47 Å². The molecule has 0 radical (unpaired) electrons. The van der Waals surface area contributed by atoms with Crippen LogP contribution in [0.1, 0.15) is 87.1 Å². The van der Waals surface area contributed by atoms with E-state index in [9.17, 15) is 9.18 Å². The van der Waals surface area contributed by atoms with Gasteiger partial charge < -0.3 is 23.8 Å². The number of likely N-dealkylation sites (N-methyl/N-ethyl adjacent to an activating group) is 1. The third-order valence-corrected chi connectivity index (χ3v) is 19.3. The monoisotopic (exact) mass is 874 g/mol. The van der Waals surface area contributed by atoms with Gasteiger partial charge in [-0.05, 0) is 87.3 Å². The molecule has 0 unspecified atom stereocenters. The number of carbonyl (C=O) groups is 1. The topological polar surface area (TPSA) is 102 Å². The van der Waals surface area contributed by atoms with Gasteiger partial charge in [0.2, 0.25) is 0 Å². The Morgan fingerprint density at radius 3 is 2.24 bits per heavy atom. The molecule has 15 heteroatoms. The molecule has 0 N–H and O–H groups in total. The molecule has 2 bridgehead atoms. The molecule has 0 spiro atoms. The second kappa shape index (κ2) is 17.8. The Bertz CT molecular complexity index is 2350. The van der Waals surface area contributed by atoms with Crippen molar-refractivity contribution >= 4 is 41.7 Å². The molecule has 0 aliphatic carbocycles. The van der Waals surface area contributed by atoms with E-state index in [-0.39, 0.29) is 72.5 Å². The summed E-state index contributed by atoms with van der Waals surface area (Å²) >= 11 is 0. The SMILES string of the molecule is COCOc1cc(-c2ncc3c(N4C[C@H]5CC[C@@H](C4)N5C(=O)OC(C)(C)C)nc(OC[C@@H]4C[C@@H](F)CN4C)nc3c2F)c2c(C#C[Si](C(C)C)(C(C)C)C(C)C)c(F)ccc2c1. The molecular weight excluding hydrogens is 814 g/mol. The van der Waals surface area contributed by atoms with E-state index in [1.807, 2.05) is 42.5 Å². The molecule has 7 rings (SSSR count). The maximum absolute atomic E-state index is 17.7. The molecular formula is C47H61F3N6O5Si. The summed E-state index contributed by atoms with van der Waals surface area (Å²) in [6.07, 6.45) is 2.03. The molecule has 2 aromatic carbocycles. The number of hydrogen-bond donors (Lipinski definition) is 0. The number of carbonyl (C=O) groups excluding carboxylic acids is 1. The van der Waals surface area contributed by atoms with Gasteiger partial charge in [0.25, 0.3) is 0 Å². The minimum atomic E-state index is -2.32. The van der Waals surface area contributed by atoms with Crippen LogP contribution in [0.5, 0.6) is 11.8 Å². The standard InChI is InChI=1S/C47H61F3N6O5Si/c1-27(2)62(28(3)4,29(5)6)17-16-36-39(49)15-12-30-18-35(60-26-58-11)20-37(40(30)36)42-41(50)43-38(21-51-42)44(53-45(52-43)59-25-34-19-31(48)22-54(34)10)55-23-32-13-14-33(24-55)56(32)46(57)61-47(7,8)9/h12,15,18,20-21,27-29,31-34H,13-14,19,22-26H2,1-11H3/t31-,32-,33+,34+/m1/s1. The summed E-state index contributed by atoms with van der Waals surface area (Å²) in [7, 11) is 1.02. The predicted octanol–water partition coefficient (Wildman–Crippen LogP) is 9.68. The minimum absolute atomic E-state index is 0.0497. The minimum Gasteiger partial charge on any atom is -0.468 e. The number of fused-ring (bicyclic) bond motifs is 4. The second-order valence-corrected chi connectivity index (χ2v) is 24.7. The molecule has 4 aromatic rings. The fourth-order valence-electron chi connectivity index (χ4n) is 10.1. The Balaban J connectivity index is 1.40. The number of rotatable bonds is 11.